The third kappa shape index (κ3) is 2.94. The summed E-state index contributed by atoms with van der Waals surface area (Å²) in [5, 5.41) is 0. The van der Waals surface area contributed by atoms with Gasteiger partial charge in [-0.1, -0.05) is 0 Å². The summed E-state index contributed by atoms with van der Waals surface area (Å²) in [7, 11) is 1.74. The van der Waals surface area contributed by atoms with E-state index >= 15 is 0 Å². The van der Waals surface area contributed by atoms with Crippen molar-refractivity contribution in [2.75, 3.05) is 26.7 Å². The SMILES string of the molecule is COC(CN)CCN1CCCC1(C)C. The van der Waals surface area contributed by atoms with Crippen LogP contribution in [0.25, 0.3) is 0 Å². The van der Waals surface area contributed by atoms with Gasteiger partial charge in [0.1, 0.15) is 0 Å². The van der Waals surface area contributed by atoms with Crippen molar-refractivity contribution in [3.63, 3.8) is 0 Å². The first kappa shape index (κ1) is 12.0. The van der Waals surface area contributed by atoms with Crippen LogP contribution in [0.1, 0.15) is 33.1 Å². The van der Waals surface area contributed by atoms with Crippen molar-refractivity contribution >= 4 is 0 Å². The van der Waals surface area contributed by atoms with E-state index in [-0.39, 0.29) is 6.10 Å². The Morgan fingerprint density at radius 2 is 2.21 bits per heavy atom. The van der Waals surface area contributed by atoms with E-state index in [1.54, 1.807) is 7.11 Å². The first-order valence-electron chi connectivity index (χ1n) is 5.58. The molecule has 0 aromatic carbocycles. The number of methoxy groups -OCH3 is 1. The molecule has 2 N–H and O–H groups in total. The molecular weight excluding hydrogens is 176 g/mol. The average Bonchev–Trinajstić information content (AvgIpc) is 2.47. The molecule has 1 heterocycles. The summed E-state index contributed by atoms with van der Waals surface area (Å²) < 4.78 is 5.28. The van der Waals surface area contributed by atoms with Gasteiger partial charge in [-0.2, -0.15) is 0 Å². The van der Waals surface area contributed by atoms with E-state index in [1.807, 2.05) is 0 Å². The fourth-order valence-electron chi connectivity index (χ4n) is 2.21. The zero-order valence-electron chi connectivity index (χ0n) is 9.75. The minimum Gasteiger partial charge on any atom is -0.380 e. The molecule has 3 nitrogen and oxygen atoms in total. The van der Waals surface area contributed by atoms with E-state index in [1.165, 1.54) is 19.4 Å². The number of rotatable bonds is 5. The summed E-state index contributed by atoms with van der Waals surface area (Å²) >= 11 is 0. The van der Waals surface area contributed by atoms with Crippen LogP contribution < -0.4 is 5.73 Å². The molecule has 14 heavy (non-hydrogen) atoms. The Bertz CT molecular complexity index is 167. The van der Waals surface area contributed by atoms with Crippen LogP contribution in [0.4, 0.5) is 0 Å². The molecule has 1 fully saturated rings. The van der Waals surface area contributed by atoms with Crippen molar-refractivity contribution in [1.82, 2.24) is 4.90 Å². The Balaban J connectivity index is 2.30. The van der Waals surface area contributed by atoms with Gasteiger partial charge in [-0.3, -0.25) is 4.90 Å². The summed E-state index contributed by atoms with van der Waals surface area (Å²) in [4.78, 5) is 2.55. The van der Waals surface area contributed by atoms with Crippen molar-refractivity contribution in [2.45, 2.75) is 44.8 Å². The second-order valence-corrected chi connectivity index (χ2v) is 4.79. The van der Waals surface area contributed by atoms with Crippen molar-refractivity contribution in [2.24, 2.45) is 5.73 Å². The maximum atomic E-state index is 5.59. The van der Waals surface area contributed by atoms with Gasteiger partial charge < -0.3 is 10.5 Å². The van der Waals surface area contributed by atoms with E-state index in [9.17, 15) is 0 Å². The smallest absolute Gasteiger partial charge is 0.0705 e. The molecule has 0 aromatic heterocycles. The van der Waals surface area contributed by atoms with Gasteiger partial charge in [-0.05, 0) is 39.7 Å². The molecule has 1 saturated heterocycles. The molecule has 0 saturated carbocycles. The molecule has 84 valence electrons. The van der Waals surface area contributed by atoms with Crippen LogP contribution >= 0.6 is 0 Å². The van der Waals surface area contributed by atoms with Gasteiger partial charge in [0.2, 0.25) is 0 Å². The second-order valence-electron chi connectivity index (χ2n) is 4.79. The molecular formula is C11H24N2O. The lowest BCUT2D eigenvalue weighted by Gasteiger charge is -2.32. The fraction of sp³-hybridized carbons (Fsp3) is 1.00. The van der Waals surface area contributed by atoms with E-state index in [4.69, 9.17) is 10.5 Å². The standard InChI is InChI=1S/C11H24N2O/c1-11(2)6-4-7-13(11)8-5-10(9-12)14-3/h10H,4-9,12H2,1-3H3. The molecule has 0 spiro atoms. The normalized spacial score (nSPS) is 24.0. The highest BCUT2D eigenvalue weighted by Crippen LogP contribution is 2.28. The predicted molar refractivity (Wildman–Crippen MR) is 59.4 cm³/mol. The Kier molecular flexibility index (Phi) is 4.35. The molecule has 0 aliphatic carbocycles. The van der Waals surface area contributed by atoms with E-state index in [0.29, 0.717) is 12.1 Å². The number of hydrogen-bond donors (Lipinski definition) is 1. The molecule has 3 heteroatoms. The molecule has 0 radical (unpaired) electrons. The van der Waals surface area contributed by atoms with E-state index < -0.39 is 0 Å². The number of ether oxygens (including phenoxy) is 1. The van der Waals surface area contributed by atoms with Crippen LogP contribution in [-0.4, -0.2) is 43.3 Å². The van der Waals surface area contributed by atoms with Crippen LogP contribution in [-0.2, 0) is 4.74 Å². The second kappa shape index (κ2) is 5.10. The highest BCUT2D eigenvalue weighted by molar-refractivity contribution is 4.87. The van der Waals surface area contributed by atoms with Gasteiger partial charge in [-0.15, -0.1) is 0 Å². The number of nitrogens with zero attached hydrogens (tertiary/aromatic N) is 1. The van der Waals surface area contributed by atoms with Crippen molar-refractivity contribution in [3.05, 3.63) is 0 Å². The Morgan fingerprint density at radius 3 is 2.64 bits per heavy atom. The highest BCUT2D eigenvalue weighted by Gasteiger charge is 2.31. The Morgan fingerprint density at radius 1 is 1.50 bits per heavy atom. The van der Waals surface area contributed by atoms with Gasteiger partial charge in [0, 0.05) is 25.7 Å². The Labute approximate surface area is 87.6 Å². The molecule has 1 atom stereocenters. The van der Waals surface area contributed by atoms with Crippen LogP contribution in [0.3, 0.4) is 0 Å². The van der Waals surface area contributed by atoms with Gasteiger partial charge in [0.05, 0.1) is 6.10 Å². The van der Waals surface area contributed by atoms with Crippen molar-refractivity contribution in [3.8, 4) is 0 Å². The number of likely N-dealkylation sites (tertiary alicyclic amines) is 1. The summed E-state index contributed by atoms with van der Waals surface area (Å²) in [6, 6.07) is 0. The van der Waals surface area contributed by atoms with Crippen LogP contribution in [0.5, 0.6) is 0 Å². The predicted octanol–water partition coefficient (Wildman–Crippen LogP) is 1.22. The highest BCUT2D eigenvalue weighted by atomic mass is 16.5. The van der Waals surface area contributed by atoms with Gasteiger partial charge >= 0.3 is 0 Å². The van der Waals surface area contributed by atoms with Crippen LogP contribution in [0, 0.1) is 0 Å². The molecule has 1 aliphatic rings. The first-order valence-corrected chi connectivity index (χ1v) is 5.58. The number of hydrogen-bond acceptors (Lipinski definition) is 3. The monoisotopic (exact) mass is 200 g/mol. The summed E-state index contributed by atoms with van der Waals surface area (Å²) in [6.07, 6.45) is 3.92. The molecule has 1 aliphatic heterocycles. The molecule has 0 amide bonds. The van der Waals surface area contributed by atoms with Crippen molar-refractivity contribution in [1.29, 1.82) is 0 Å². The summed E-state index contributed by atoms with van der Waals surface area (Å²) in [6.45, 7) is 7.62. The number of nitrogens with two attached hydrogens (primary N) is 1. The summed E-state index contributed by atoms with van der Waals surface area (Å²) in [5.41, 5.74) is 5.97. The average molecular weight is 200 g/mol. The zero-order valence-corrected chi connectivity index (χ0v) is 9.75. The topological polar surface area (TPSA) is 38.5 Å². The van der Waals surface area contributed by atoms with Gasteiger partial charge in [0.15, 0.2) is 0 Å². The van der Waals surface area contributed by atoms with Crippen LogP contribution in [0.2, 0.25) is 0 Å². The molecule has 1 unspecified atom stereocenters. The Hall–Kier alpha value is -0.120. The third-order valence-corrected chi connectivity index (χ3v) is 3.39. The minimum absolute atomic E-state index is 0.228. The minimum atomic E-state index is 0.228. The molecule has 1 rings (SSSR count). The van der Waals surface area contributed by atoms with Gasteiger partial charge in [0.25, 0.3) is 0 Å². The summed E-state index contributed by atoms with van der Waals surface area (Å²) in [5.74, 6) is 0. The van der Waals surface area contributed by atoms with Gasteiger partial charge in [-0.25, -0.2) is 0 Å². The molecule has 0 bridgehead atoms. The third-order valence-electron chi connectivity index (χ3n) is 3.39. The first-order chi connectivity index (χ1) is 6.60. The lowest BCUT2D eigenvalue weighted by Crippen LogP contribution is -2.40. The molecule has 0 aromatic rings. The van der Waals surface area contributed by atoms with E-state index in [2.05, 4.69) is 18.7 Å². The fourth-order valence-corrected chi connectivity index (χ4v) is 2.21. The zero-order chi connectivity index (χ0) is 10.6. The largest absolute Gasteiger partial charge is 0.380 e. The lowest BCUT2D eigenvalue weighted by atomic mass is 10.0. The maximum absolute atomic E-state index is 5.59. The van der Waals surface area contributed by atoms with E-state index in [0.717, 1.165) is 13.0 Å². The van der Waals surface area contributed by atoms with Crippen LogP contribution in [0.15, 0.2) is 0 Å². The lowest BCUT2D eigenvalue weighted by molar-refractivity contribution is 0.0779. The maximum Gasteiger partial charge on any atom is 0.0705 e. The van der Waals surface area contributed by atoms with Crippen molar-refractivity contribution < 1.29 is 4.74 Å². The quantitative estimate of drug-likeness (QED) is 0.725.